The molecule has 0 saturated carbocycles. The molecule has 1 atom stereocenters. The lowest BCUT2D eigenvalue weighted by Gasteiger charge is -2.21. The van der Waals surface area contributed by atoms with Gasteiger partial charge in [-0.15, -0.1) is 6.58 Å². The number of nitrogens with one attached hydrogen (secondary N) is 1. The van der Waals surface area contributed by atoms with Crippen molar-refractivity contribution in [2.75, 3.05) is 27.9 Å². The Hall–Kier alpha value is -3.94. The van der Waals surface area contributed by atoms with Crippen LogP contribution < -0.4 is 24.3 Å². The first-order valence-electron chi connectivity index (χ1n) is 10.4. The van der Waals surface area contributed by atoms with E-state index in [1.807, 2.05) is 48.2 Å². The van der Waals surface area contributed by atoms with Crippen molar-refractivity contribution in [2.45, 2.75) is 12.5 Å². The van der Waals surface area contributed by atoms with Gasteiger partial charge in [-0.1, -0.05) is 12.1 Å². The maximum Gasteiger partial charge on any atom is 0.258 e. The van der Waals surface area contributed by atoms with Gasteiger partial charge in [0.25, 0.3) is 5.91 Å². The smallest absolute Gasteiger partial charge is 0.258 e. The van der Waals surface area contributed by atoms with Gasteiger partial charge in [0.05, 0.1) is 21.3 Å². The zero-order chi connectivity index (χ0) is 23.8. The van der Waals surface area contributed by atoms with E-state index < -0.39 is 6.04 Å². The van der Waals surface area contributed by atoms with E-state index >= 15 is 0 Å². The molecule has 1 unspecified atom stereocenters. The molecule has 0 fully saturated rings. The molecule has 0 bridgehead atoms. The number of aromatic nitrogens is 2. The van der Waals surface area contributed by atoms with Crippen molar-refractivity contribution in [3.05, 3.63) is 78.4 Å². The third kappa shape index (κ3) is 5.85. The first-order valence-corrected chi connectivity index (χ1v) is 10.4. The molecular formula is C25H29N3O5. The standard InChI is InChI=1S/C25H29N3O5/c1-6-7-17-8-9-21(22(12-17)32-5)33-16-23(29)27-24(25-26-10-11-28(25)2)18-13-19(30-3)15-20(14-18)31-4/h6,8-15,24H,1,7,16H2,2-5H3,(H,27,29). The van der Waals surface area contributed by atoms with E-state index in [0.29, 0.717) is 35.2 Å². The fraction of sp³-hybridized carbons (Fsp3) is 0.280. The van der Waals surface area contributed by atoms with Gasteiger partial charge in [0.1, 0.15) is 23.4 Å². The van der Waals surface area contributed by atoms with Gasteiger partial charge in [0, 0.05) is 25.5 Å². The molecule has 0 spiro atoms. The molecule has 1 N–H and O–H groups in total. The molecule has 3 aromatic rings. The second-order valence-corrected chi connectivity index (χ2v) is 7.31. The van der Waals surface area contributed by atoms with Crippen molar-refractivity contribution in [1.29, 1.82) is 0 Å². The topological polar surface area (TPSA) is 83.8 Å². The number of hydrogen-bond donors (Lipinski definition) is 1. The summed E-state index contributed by atoms with van der Waals surface area (Å²) in [7, 11) is 6.58. The Bertz CT molecular complexity index is 1090. The van der Waals surface area contributed by atoms with Gasteiger partial charge >= 0.3 is 0 Å². The highest BCUT2D eigenvalue weighted by molar-refractivity contribution is 5.78. The molecule has 3 rings (SSSR count). The Balaban J connectivity index is 1.81. The normalized spacial score (nSPS) is 11.4. The molecule has 33 heavy (non-hydrogen) atoms. The summed E-state index contributed by atoms with van der Waals surface area (Å²) in [6.07, 6.45) is 6.02. The van der Waals surface area contributed by atoms with Crippen LogP contribution in [0.4, 0.5) is 0 Å². The SMILES string of the molecule is C=CCc1ccc(OCC(=O)NC(c2cc(OC)cc(OC)c2)c2nccn2C)c(OC)c1. The molecular weight excluding hydrogens is 422 g/mol. The van der Waals surface area contributed by atoms with Gasteiger partial charge in [-0.2, -0.15) is 0 Å². The number of aryl methyl sites for hydroxylation is 1. The highest BCUT2D eigenvalue weighted by Gasteiger charge is 2.23. The first-order chi connectivity index (χ1) is 16.0. The van der Waals surface area contributed by atoms with Gasteiger partial charge < -0.3 is 28.8 Å². The fourth-order valence-corrected chi connectivity index (χ4v) is 3.42. The summed E-state index contributed by atoms with van der Waals surface area (Å²) in [6, 6.07) is 10.5. The average molecular weight is 452 g/mol. The molecule has 174 valence electrons. The summed E-state index contributed by atoms with van der Waals surface area (Å²) in [5.74, 6) is 2.60. The number of nitrogens with zero attached hydrogens (tertiary/aromatic N) is 2. The number of carbonyl (C=O) groups is 1. The molecule has 8 heteroatoms. The summed E-state index contributed by atoms with van der Waals surface area (Å²) in [4.78, 5) is 17.3. The van der Waals surface area contributed by atoms with Crippen molar-refractivity contribution in [3.63, 3.8) is 0 Å². The third-order valence-corrected chi connectivity index (χ3v) is 5.10. The molecule has 0 radical (unpaired) electrons. The van der Waals surface area contributed by atoms with Gasteiger partial charge in [-0.05, 0) is 41.8 Å². The number of allylic oxidation sites excluding steroid dienone is 1. The van der Waals surface area contributed by atoms with E-state index in [4.69, 9.17) is 18.9 Å². The first kappa shape index (κ1) is 23.7. The number of benzene rings is 2. The van der Waals surface area contributed by atoms with Crippen molar-refractivity contribution in [3.8, 4) is 23.0 Å². The van der Waals surface area contributed by atoms with Crippen molar-refractivity contribution >= 4 is 5.91 Å². The summed E-state index contributed by atoms with van der Waals surface area (Å²) in [6.45, 7) is 3.55. The number of ether oxygens (including phenoxy) is 4. The van der Waals surface area contributed by atoms with Gasteiger partial charge in [0.2, 0.25) is 0 Å². The zero-order valence-corrected chi connectivity index (χ0v) is 19.3. The quantitative estimate of drug-likeness (QED) is 0.450. The van der Waals surface area contributed by atoms with Crippen molar-refractivity contribution in [1.82, 2.24) is 14.9 Å². The summed E-state index contributed by atoms with van der Waals surface area (Å²) < 4.78 is 23.8. The number of hydrogen-bond acceptors (Lipinski definition) is 6. The molecule has 0 aliphatic rings. The van der Waals surface area contributed by atoms with Crippen LogP contribution >= 0.6 is 0 Å². The van der Waals surface area contributed by atoms with E-state index in [1.165, 1.54) is 0 Å². The maximum atomic E-state index is 12.9. The van der Waals surface area contributed by atoms with Crippen molar-refractivity contribution < 1.29 is 23.7 Å². The average Bonchev–Trinajstić information content (AvgIpc) is 3.26. The Morgan fingerprint density at radius 3 is 2.39 bits per heavy atom. The Morgan fingerprint density at radius 2 is 1.82 bits per heavy atom. The highest BCUT2D eigenvalue weighted by Crippen LogP contribution is 2.30. The van der Waals surface area contributed by atoms with Crippen LogP contribution in [0.5, 0.6) is 23.0 Å². The van der Waals surface area contributed by atoms with Crippen LogP contribution in [-0.4, -0.2) is 43.4 Å². The van der Waals surface area contributed by atoms with Crippen molar-refractivity contribution in [2.24, 2.45) is 7.05 Å². The second kappa shape index (κ2) is 11.1. The van der Waals surface area contributed by atoms with Gasteiger partial charge in [-0.3, -0.25) is 4.79 Å². The lowest BCUT2D eigenvalue weighted by atomic mass is 10.0. The Morgan fingerprint density at radius 1 is 1.09 bits per heavy atom. The van der Waals surface area contributed by atoms with E-state index in [2.05, 4.69) is 16.9 Å². The summed E-state index contributed by atoms with van der Waals surface area (Å²) in [5.41, 5.74) is 1.81. The number of methoxy groups -OCH3 is 3. The predicted octanol–water partition coefficient (Wildman–Crippen LogP) is 3.46. The maximum absolute atomic E-state index is 12.9. The molecule has 0 aliphatic heterocycles. The number of amides is 1. The minimum Gasteiger partial charge on any atom is -0.497 e. The lowest BCUT2D eigenvalue weighted by Crippen LogP contribution is -2.34. The molecule has 0 saturated heterocycles. The van der Waals surface area contributed by atoms with Crippen LogP contribution in [-0.2, 0) is 18.3 Å². The largest absolute Gasteiger partial charge is 0.497 e. The Kier molecular flexibility index (Phi) is 7.96. The molecule has 1 aromatic heterocycles. The summed E-state index contributed by atoms with van der Waals surface area (Å²) in [5, 5.41) is 3.01. The van der Waals surface area contributed by atoms with E-state index in [-0.39, 0.29) is 12.5 Å². The van der Waals surface area contributed by atoms with Crippen LogP contribution in [0.25, 0.3) is 0 Å². The third-order valence-electron chi connectivity index (χ3n) is 5.10. The number of carbonyl (C=O) groups excluding carboxylic acids is 1. The zero-order valence-electron chi connectivity index (χ0n) is 19.3. The Labute approximate surface area is 193 Å². The van der Waals surface area contributed by atoms with Crippen LogP contribution in [0.2, 0.25) is 0 Å². The fourth-order valence-electron chi connectivity index (χ4n) is 3.42. The lowest BCUT2D eigenvalue weighted by molar-refractivity contribution is -0.123. The van der Waals surface area contributed by atoms with Crippen LogP contribution in [0, 0.1) is 0 Å². The highest BCUT2D eigenvalue weighted by atomic mass is 16.5. The van der Waals surface area contributed by atoms with Crippen LogP contribution in [0.15, 0.2) is 61.4 Å². The van der Waals surface area contributed by atoms with Crippen LogP contribution in [0.1, 0.15) is 23.0 Å². The predicted molar refractivity (Wildman–Crippen MR) is 125 cm³/mol. The molecule has 0 aliphatic carbocycles. The van der Waals surface area contributed by atoms with E-state index in [1.54, 1.807) is 39.7 Å². The number of imidazole rings is 1. The monoisotopic (exact) mass is 451 g/mol. The van der Waals surface area contributed by atoms with Gasteiger partial charge in [-0.25, -0.2) is 4.98 Å². The minimum absolute atomic E-state index is 0.195. The summed E-state index contributed by atoms with van der Waals surface area (Å²) >= 11 is 0. The second-order valence-electron chi connectivity index (χ2n) is 7.31. The molecule has 2 aromatic carbocycles. The number of rotatable bonds is 11. The molecule has 8 nitrogen and oxygen atoms in total. The van der Waals surface area contributed by atoms with E-state index in [0.717, 1.165) is 11.1 Å². The minimum atomic E-state index is -0.540. The van der Waals surface area contributed by atoms with Gasteiger partial charge in [0.15, 0.2) is 18.1 Å². The molecule has 1 heterocycles. The molecule has 1 amide bonds. The van der Waals surface area contributed by atoms with Crippen LogP contribution in [0.3, 0.4) is 0 Å². The van der Waals surface area contributed by atoms with E-state index in [9.17, 15) is 4.79 Å².